The highest BCUT2D eigenvalue weighted by atomic mass is 17.2. The third kappa shape index (κ3) is 16.6. The smallest absolute Gasteiger partial charge is 0.104 e. The standard InChI is InChI=1S/C25H52O2/c1-5-9-13-14-15-16-17-18-19-20-23-25(21-10-6-2,22-11-7-3)27-26-24-12-8-4/h5-24H2,1-4H3. The number of unbranched alkanes of at least 4 members (excludes halogenated alkanes) is 12. The Balaban J connectivity index is 4.14. The van der Waals surface area contributed by atoms with Crippen LogP contribution in [0.2, 0.25) is 0 Å². The van der Waals surface area contributed by atoms with Gasteiger partial charge in [0.15, 0.2) is 0 Å². The molecule has 0 aromatic rings. The molecule has 0 fully saturated rings. The fourth-order valence-corrected chi connectivity index (χ4v) is 3.80. The van der Waals surface area contributed by atoms with Crippen LogP contribution in [0.15, 0.2) is 0 Å². The molecule has 0 atom stereocenters. The molecule has 0 rings (SSSR count). The summed E-state index contributed by atoms with van der Waals surface area (Å²) in [6.07, 6.45) is 24.7. The van der Waals surface area contributed by atoms with Gasteiger partial charge in [0, 0.05) is 0 Å². The van der Waals surface area contributed by atoms with Crippen molar-refractivity contribution in [2.24, 2.45) is 0 Å². The van der Waals surface area contributed by atoms with Gasteiger partial charge in [0.2, 0.25) is 0 Å². The van der Waals surface area contributed by atoms with Crippen molar-refractivity contribution in [2.45, 2.75) is 155 Å². The minimum absolute atomic E-state index is 0.0279. The van der Waals surface area contributed by atoms with Crippen LogP contribution < -0.4 is 0 Å². The van der Waals surface area contributed by atoms with E-state index in [-0.39, 0.29) is 5.60 Å². The Bertz CT molecular complexity index is 269. The maximum absolute atomic E-state index is 6.12. The van der Waals surface area contributed by atoms with Crippen molar-refractivity contribution < 1.29 is 9.78 Å². The fourth-order valence-electron chi connectivity index (χ4n) is 3.80. The van der Waals surface area contributed by atoms with Crippen molar-refractivity contribution in [1.82, 2.24) is 0 Å². The molecule has 0 N–H and O–H groups in total. The third-order valence-electron chi connectivity index (χ3n) is 5.77. The average molecular weight is 385 g/mol. The van der Waals surface area contributed by atoms with Crippen LogP contribution in [0.5, 0.6) is 0 Å². The van der Waals surface area contributed by atoms with Crippen molar-refractivity contribution in [2.75, 3.05) is 6.61 Å². The van der Waals surface area contributed by atoms with Crippen LogP contribution in [0.3, 0.4) is 0 Å². The molecule has 0 unspecified atom stereocenters. The fraction of sp³-hybridized carbons (Fsp3) is 1.00. The lowest BCUT2D eigenvalue weighted by Gasteiger charge is -2.33. The largest absolute Gasteiger partial charge is 0.236 e. The molecule has 0 amide bonds. The molecule has 2 heteroatoms. The third-order valence-corrected chi connectivity index (χ3v) is 5.77. The maximum atomic E-state index is 6.12. The lowest BCUT2D eigenvalue weighted by atomic mass is 9.85. The Morgan fingerprint density at radius 2 is 0.852 bits per heavy atom. The molecule has 0 aliphatic carbocycles. The summed E-state index contributed by atoms with van der Waals surface area (Å²) in [4.78, 5) is 11.8. The van der Waals surface area contributed by atoms with E-state index in [4.69, 9.17) is 9.78 Å². The molecule has 164 valence electrons. The molecule has 0 aliphatic rings. The molecular weight excluding hydrogens is 332 g/mol. The van der Waals surface area contributed by atoms with E-state index in [1.807, 2.05) is 0 Å². The van der Waals surface area contributed by atoms with Crippen molar-refractivity contribution in [3.05, 3.63) is 0 Å². The van der Waals surface area contributed by atoms with Gasteiger partial charge >= 0.3 is 0 Å². The van der Waals surface area contributed by atoms with E-state index in [1.165, 1.54) is 103 Å². The van der Waals surface area contributed by atoms with Crippen molar-refractivity contribution in [3.8, 4) is 0 Å². The van der Waals surface area contributed by atoms with E-state index < -0.39 is 0 Å². The summed E-state index contributed by atoms with van der Waals surface area (Å²) in [7, 11) is 0. The van der Waals surface area contributed by atoms with E-state index in [0.717, 1.165) is 25.9 Å². The average Bonchev–Trinajstić information content (AvgIpc) is 2.69. The minimum Gasteiger partial charge on any atom is -0.236 e. The Morgan fingerprint density at radius 3 is 1.33 bits per heavy atom. The Hall–Kier alpha value is -0.0800. The van der Waals surface area contributed by atoms with Crippen LogP contribution in [0.4, 0.5) is 0 Å². The first-order valence-corrected chi connectivity index (χ1v) is 12.5. The van der Waals surface area contributed by atoms with Crippen LogP contribution in [0.1, 0.15) is 150 Å². The predicted octanol–water partition coefficient (Wildman–Crippen LogP) is 9.16. The topological polar surface area (TPSA) is 18.5 Å². The van der Waals surface area contributed by atoms with E-state index >= 15 is 0 Å². The molecule has 0 saturated heterocycles. The lowest BCUT2D eigenvalue weighted by Crippen LogP contribution is -2.33. The molecule has 0 spiro atoms. The summed E-state index contributed by atoms with van der Waals surface area (Å²) in [5.74, 6) is 0. The number of rotatable bonds is 22. The molecule has 0 saturated carbocycles. The van der Waals surface area contributed by atoms with Crippen LogP contribution in [-0.4, -0.2) is 12.2 Å². The van der Waals surface area contributed by atoms with Gasteiger partial charge in [0.25, 0.3) is 0 Å². The van der Waals surface area contributed by atoms with Gasteiger partial charge in [-0.25, -0.2) is 9.78 Å². The van der Waals surface area contributed by atoms with Gasteiger partial charge in [-0.15, -0.1) is 0 Å². The molecule has 0 aliphatic heterocycles. The summed E-state index contributed by atoms with van der Waals surface area (Å²) in [5.41, 5.74) is -0.0279. The summed E-state index contributed by atoms with van der Waals surface area (Å²) in [6.45, 7) is 9.80. The van der Waals surface area contributed by atoms with Gasteiger partial charge in [0.05, 0.1) is 6.61 Å². The van der Waals surface area contributed by atoms with Gasteiger partial charge in [0.1, 0.15) is 5.60 Å². The molecular formula is C25H52O2. The highest BCUT2D eigenvalue weighted by Crippen LogP contribution is 2.32. The van der Waals surface area contributed by atoms with E-state index in [2.05, 4.69) is 27.7 Å². The van der Waals surface area contributed by atoms with Crippen molar-refractivity contribution in [1.29, 1.82) is 0 Å². The minimum atomic E-state index is -0.0279. The molecule has 2 nitrogen and oxygen atoms in total. The molecule has 0 aromatic heterocycles. The van der Waals surface area contributed by atoms with Gasteiger partial charge in [-0.05, 0) is 25.7 Å². The quantitative estimate of drug-likeness (QED) is 0.105. The molecule has 0 radical (unpaired) electrons. The zero-order valence-corrected chi connectivity index (χ0v) is 19.5. The van der Waals surface area contributed by atoms with E-state index in [1.54, 1.807) is 0 Å². The summed E-state index contributed by atoms with van der Waals surface area (Å²) >= 11 is 0. The first-order chi connectivity index (χ1) is 13.2. The number of hydrogen-bond acceptors (Lipinski definition) is 2. The monoisotopic (exact) mass is 384 g/mol. The second-order valence-corrected chi connectivity index (χ2v) is 8.58. The SMILES string of the molecule is CCCCCCCCCCCCC(CCCC)(CCCC)OOCCCC. The molecule has 0 bridgehead atoms. The van der Waals surface area contributed by atoms with Crippen LogP contribution in [0.25, 0.3) is 0 Å². The molecule has 0 heterocycles. The normalized spacial score (nSPS) is 12.0. The molecule has 0 aromatic carbocycles. The predicted molar refractivity (Wildman–Crippen MR) is 120 cm³/mol. The summed E-state index contributed by atoms with van der Waals surface area (Å²) in [5, 5.41) is 0. The zero-order valence-electron chi connectivity index (χ0n) is 19.5. The Morgan fingerprint density at radius 1 is 0.444 bits per heavy atom. The Labute approximate surface area is 172 Å². The first-order valence-electron chi connectivity index (χ1n) is 12.5. The van der Waals surface area contributed by atoms with E-state index in [9.17, 15) is 0 Å². The summed E-state index contributed by atoms with van der Waals surface area (Å²) < 4.78 is 0. The van der Waals surface area contributed by atoms with Gasteiger partial charge in [-0.2, -0.15) is 0 Å². The first kappa shape index (κ1) is 26.9. The Kier molecular flexibility index (Phi) is 20.6. The van der Waals surface area contributed by atoms with Crippen LogP contribution in [-0.2, 0) is 9.78 Å². The van der Waals surface area contributed by atoms with Crippen LogP contribution in [0, 0.1) is 0 Å². The van der Waals surface area contributed by atoms with E-state index in [0.29, 0.717) is 0 Å². The van der Waals surface area contributed by atoms with Crippen LogP contribution >= 0.6 is 0 Å². The summed E-state index contributed by atoms with van der Waals surface area (Å²) in [6, 6.07) is 0. The van der Waals surface area contributed by atoms with Gasteiger partial charge < -0.3 is 0 Å². The molecule has 27 heavy (non-hydrogen) atoms. The van der Waals surface area contributed by atoms with Crippen molar-refractivity contribution >= 4 is 0 Å². The van der Waals surface area contributed by atoms with Crippen molar-refractivity contribution in [3.63, 3.8) is 0 Å². The van der Waals surface area contributed by atoms with Gasteiger partial charge in [-0.1, -0.05) is 124 Å². The second kappa shape index (κ2) is 20.6. The number of hydrogen-bond donors (Lipinski definition) is 0. The van der Waals surface area contributed by atoms with Gasteiger partial charge in [-0.3, -0.25) is 0 Å². The highest BCUT2D eigenvalue weighted by Gasteiger charge is 2.31. The maximum Gasteiger partial charge on any atom is 0.104 e. The lowest BCUT2D eigenvalue weighted by molar-refractivity contribution is -0.367. The second-order valence-electron chi connectivity index (χ2n) is 8.58. The highest BCUT2D eigenvalue weighted by molar-refractivity contribution is 4.80. The zero-order chi connectivity index (χ0) is 20.1.